The van der Waals surface area contributed by atoms with Gasteiger partial charge in [0.15, 0.2) is 5.78 Å². The molecule has 2 heterocycles. The molecule has 8 nitrogen and oxygen atoms in total. The number of ketones is 1. The van der Waals surface area contributed by atoms with Gasteiger partial charge in [0.2, 0.25) is 5.91 Å². The van der Waals surface area contributed by atoms with Gasteiger partial charge in [-0.15, -0.1) is 11.3 Å². The lowest BCUT2D eigenvalue weighted by Crippen LogP contribution is -2.50. The average Bonchev–Trinajstić information content (AvgIpc) is 3.17. The molecule has 1 aromatic carbocycles. The van der Waals surface area contributed by atoms with Crippen molar-refractivity contribution in [2.75, 3.05) is 12.4 Å². The Hall–Kier alpha value is -3.33. The largest absolute Gasteiger partial charge is 0.465 e. The van der Waals surface area contributed by atoms with Gasteiger partial charge in [0.05, 0.1) is 28.7 Å². The van der Waals surface area contributed by atoms with Crippen molar-refractivity contribution in [3.63, 3.8) is 0 Å². The maximum absolute atomic E-state index is 13.2. The van der Waals surface area contributed by atoms with Crippen LogP contribution in [0.1, 0.15) is 67.1 Å². The van der Waals surface area contributed by atoms with E-state index >= 15 is 0 Å². The zero-order chi connectivity index (χ0) is 23.0. The molecule has 0 spiro atoms. The minimum atomic E-state index is -1.11. The van der Waals surface area contributed by atoms with Gasteiger partial charge in [0.25, 0.3) is 11.8 Å². The van der Waals surface area contributed by atoms with Crippen LogP contribution in [0, 0.1) is 12.8 Å². The van der Waals surface area contributed by atoms with Gasteiger partial charge in [-0.25, -0.2) is 4.79 Å². The number of benzene rings is 1. The van der Waals surface area contributed by atoms with E-state index in [-0.39, 0.29) is 27.5 Å². The summed E-state index contributed by atoms with van der Waals surface area (Å²) < 4.78 is 4.80. The summed E-state index contributed by atoms with van der Waals surface area (Å²) in [6, 6.07) is 5.28. The summed E-state index contributed by atoms with van der Waals surface area (Å²) in [4.78, 5) is 64.5. The molecule has 1 aliphatic rings. The number of amides is 3. The van der Waals surface area contributed by atoms with Gasteiger partial charge in [-0.2, -0.15) is 0 Å². The molecule has 0 aliphatic carbocycles. The maximum Gasteiger partial charge on any atom is 0.341 e. The van der Waals surface area contributed by atoms with Crippen LogP contribution in [0.15, 0.2) is 24.3 Å². The number of rotatable bonds is 6. The molecule has 1 unspecified atom stereocenters. The van der Waals surface area contributed by atoms with Gasteiger partial charge in [0, 0.05) is 0 Å². The highest BCUT2D eigenvalue weighted by molar-refractivity contribution is 7.18. The number of esters is 1. The first kappa shape index (κ1) is 22.4. The van der Waals surface area contributed by atoms with Crippen LogP contribution in [0.25, 0.3) is 0 Å². The van der Waals surface area contributed by atoms with Crippen molar-refractivity contribution in [1.29, 1.82) is 0 Å². The van der Waals surface area contributed by atoms with Crippen LogP contribution in [0.3, 0.4) is 0 Å². The molecular formula is C22H22N2O6S. The molecule has 1 aromatic heterocycles. The summed E-state index contributed by atoms with van der Waals surface area (Å²) >= 11 is 0.956. The SMILES string of the molecule is COC(=O)c1c(NC(=O)C(C(C)C)N2C(=O)c3ccccc3C2=O)sc(C(C)=O)c1C. The summed E-state index contributed by atoms with van der Waals surface area (Å²) in [5, 5.41) is 2.79. The predicted octanol–water partition coefficient (Wildman–Crippen LogP) is 3.31. The monoisotopic (exact) mass is 442 g/mol. The first-order chi connectivity index (χ1) is 14.6. The molecule has 1 aliphatic heterocycles. The zero-order valence-corrected chi connectivity index (χ0v) is 18.6. The molecule has 0 saturated heterocycles. The van der Waals surface area contributed by atoms with E-state index in [1.54, 1.807) is 45.0 Å². The summed E-state index contributed by atoms with van der Waals surface area (Å²) in [5.74, 6) is -3.08. The van der Waals surface area contributed by atoms with Crippen molar-refractivity contribution in [2.24, 2.45) is 5.92 Å². The highest BCUT2D eigenvalue weighted by Gasteiger charge is 2.44. The third-order valence-corrected chi connectivity index (χ3v) is 6.40. The Morgan fingerprint density at radius 3 is 2.06 bits per heavy atom. The molecule has 31 heavy (non-hydrogen) atoms. The second-order valence-electron chi connectivity index (χ2n) is 7.51. The fourth-order valence-electron chi connectivity index (χ4n) is 3.65. The van der Waals surface area contributed by atoms with Gasteiger partial charge < -0.3 is 10.1 Å². The number of imide groups is 1. The number of Topliss-reactive ketones (excluding diaryl/α,β-unsaturated/α-hetero) is 1. The Labute approximate surface area is 183 Å². The minimum absolute atomic E-state index is 0.0796. The number of hydrogen-bond donors (Lipinski definition) is 1. The van der Waals surface area contributed by atoms with Crippen molar-refractivity contribution in [1.82, 2.24) is 4.90 Å². The lowest BCUT2D eigenvalue weighted by atomic mass is 10.0. The predicted molar refractivity (Wildman–Crippen MR) is 115 cm³/mol. The van der Waals surface area contributed by atoms with E-state index in [0.717, 1.165) is 16.2 Å². The Morgan fingerprint density at radius 2 is 1.61 bits per heavy atom. The average molecular weight is 442 g/mol. The first-order valence-electron chi connectivity index (χ1n) is 9.60. The Morgan fingerprint density at radius 1 is 1.06 bits per heavy atom. The molecule has 0 radical (unpaired) electrons. The fraction of sp³-hybridized carbons (Fsp3) is 0.318. The van der Waals surface area contributed by atoms with Crippen LogP contribution in [0.2, 0.25) is 0 Å². The van der Waals surface area contributed by atoms with Gasteiger partial charge in [0.1, 0.15) is 11.0 Å². The summed E-state index contributed by atoms with van der Waals surface area (Å²) in [5.41, 5.74) is 0.969. The van der Waals surface area contributed by atoms with Crippen molar-refractivity contribution >= 4 is 45.8 Å². The number of anilines is 1. The van der Waals surface area contributed by atoms with Crippen molar-refractivity contribution < 1.29 is 28.7 Å². The highest BCUT2D eigenvalue weighted by atomic mass is 32.1. The summed E-state index contributed by atoms with van der Waals surface area (Å²) in [6.07, 6.45) is 0. The number of hydrogen-bond acceptors (Lipinski definition) is 7. The molecule has 0 fully saturated rings. The van der Waals surface area contributed by atoms with Crippen LogP contribution in [-0.2, 0) is 9.53 Å². The van der Waals surface area contributed by atoms with Crippen LogP contribution >= 0.6 is 11.3 Å². The molecule has 0 saturated carbocycles. The van der Waals surface area contributed by atoms with Gasteiger partial charge >= 0.3 is 5.97 Å². The number of ether oxygens (including phenoxy) is 1. The number of carbonyl (C=O) groups is 5. The second-order valence-corrected chi connectivity index (χ2v) is 8.53. The molecule has 3 amide bonds. The van der Waals surface area contributed by atoms with Crippen LogP contribution in [0.5, 0.6) is 0 Å². The maximum atomic E-state index is 13.2. The Kier molecular flexibility index (Phi) is 6.08. The first-order valence-corrected chi connectivity index (χ1v) is 10.4. The smallest absolute Gasteiger partial charge is 0.341 e. The zero-order valence-electron chi connectivity index (χ0n) is 17.8. The standard InChI is InChI=1S/C22H22N2O6S/c1-10(2)16(24-20(27)13-8-6-7-9-14(13)21(24)28)18(26)23-19-15(22(29)30-5)11(3)17(31-19)12(4)25/h6-10,16H,1-5H3,(H,23,26). The topological polar surface area (TPSA) is 110 Å². The van der Waals surface area contributed by atoms with E-state index in [4.69, 9.17) is 4.74 Å². The summed E-state index contributed by atoms with van der Waals surface area (Å²) in [7, 11) is 1.20. The number of fused-ring (bicyclic) bond motifs is 1. The van der Waals surface area contributed by atoms with E-state index in [1.807, 2.05) is 0 Å². The number of nitrogens with one attached hydrogen (secondary N) is 1. The molecule has 1 N–H and O–H groups in total. The van der Waals surface area contributed by atoms with Crippen LogP contribution < -0.4 is 5.32 Å². The Balaban J connectivity index is 1.99. The lowest BCUT2D eigenvalue weighted by Gasteiger charge is -2.28. The molecular weight excluding hydrogens is 420 g/mol. The normalized spacial score (nSPS) is 13.9. The second kappa shape index (κ2) is 8.43. The van der Waals surface area contributed by atoms with Gasteiger partial charge in [-0.1, -0.05) is 26.0 Å². The van der Waals surface area contributed by atoms with E-state index in [0.29, 0.717) is 10.4 Å². The third kappa shape index (κ3) is 3.76. The fourth-order valence-corrected chi connectivity index (χ4v) is 4.74. The van der Waals surface area contributed by atoms with E-state index in [2.05, 4.69) is 5.32 Å². The lowest BCUT2D eigenvalue weighted by molar-refractivity contribution is -0.121. The number of carbonyl (C=O) groups excluding carboxylic acids is 5. The number of thiophene rings is 1. The Bertz CT molecular complexity index is 1080. The van der Waals surface area contributed by atoms with Crippen molar-refractivity contribution in [3.05, 3.63) is 51.4 Å². The molecule has 3 rings (SSSR count). The van der Waals surface area contributed by atoms with E-state index in [9.17, 15) is 24.0 Å². The van der Waals surface area contributed by atoms with Crippen LogP contribution in [0.4, 0.5) is 5.00 Å². The molecule has 0 bridgehead atoms. The van der Waals surface area contributed by atoms with Crippen molar-refractivity contribution in [3.8, 4) is 0 Å². The summed E-state index contributed by atoms with van der Waals surface area (Å²) in [6.45, 7) is 6.39. The molecule has 162 valence electrons. The highest BCUT2D eigenvalue weighted by Crippen LogP contribution is 2.35. The minimum Gasteiger partial charge on any atom is -0.465 e. The van der Waals surface area contributed by atoms with Crippen LogP contribution in [-0.4, -0.2) is 47.5 Å². The third-order valence-electron chi connectivity index (χ3n) is 5.10. The molecule has 9 heteroatoms. The molecule has 1 atom stereocenters. The number of methoxy groups -OCH3 is 1. The van der Waals surface area contributed by atoms with Gasteiger partial charge in [-0.05, 0) is 37.5 Å². The number of nitrogens with zero attached hydrogens (tertiary/aromatic N) is 1. The quantitative estimate of drug-likeness (QED) is 0.418. The van der Waals surface area contributed by atoms with E-state index in [1.165, 1.54) is 14.0 Å². The van der Waals surface area contributed by atoms with Crippen molar-refractivity contribution in [2.45, 2.75) is 33.7 Å². The van der Waals surface area contributed by atoms with E-state index < -0.39 is 35.7 Å². The van der Waals surface area contributed by atoms with Gasteiger partial charge in [-0.3, -0.25) is 24.1 Å². The molecule has 2 aromatic rings.